The molecule has 1 rings (SSSR count). The number of nitrogens with one attached hydrogen (secondary N) is 2. The highest BCUT2D eigenvalue weighted by molar-refractivity contribution is 7.89. The normalized spacial score (nSPS) is 13.6. The quantitative estimate of drug-likeness (QED) is 0.578. The molecule has 144 valence electrons. The molecule has 0 spiro atoms. The van der Waals surface area contributed by atoms with E-state index in [0.717, 1.165) is 0 Å². The van der Waals surface area contributed by atoms with E-state index in [-0.39, 0.29) is 16.5 Å². The van der Waals surface area contributed by atoms with Crippen LogP contribution >= 0.6 is 0 Å². The fourth-order valence-electron chi connectivity index (χ4n) is 2.01. The Morgan fingerprint density at radius 1 is 1.15 bits per heavy atom. The van der Waals surface area contributed by atoms with Crippen molar-refractivity contribution in [1.82, 2.24) is 5.32 Å². The van der Waals surface area contributed by atoms with Gasteiger partial charge in [-0.3, -0.25) is 9.59 Å². The summed E-state index contributed by atoms with van der Waals surface area (Å²) in [4.78, 5) is 35.3. The number of hydrogen-bond acceptors (Lipinski definition) is 6. The van der Waals surface area contributed by atoms with Crippen LogP contribution in [0.3, 0.4) is 0 Å². The number of carbonyl (C=O) groups is 3. The number of amides is 2. The molecule has 0 aliphatic rings. The van der Waals surface area contributed by atoms with E-state index in [0.29, 0.717) is 0 Å². The second-order valence-electron chi connectivity index (χ2n) is 6.06. The van der Waals surface area contributed by atoms with Crippen molar-refractivity contribution in [3.8, 4) is 0 Å². The highest BCUT2D eigenvalue weighted by Gasteiger charge is 2.28. The Morgan fingerprint density at radius 3 is 2.27 bits per heavy atom. The molecule has 0 radical (unpaired) electrons. The zero-order valence-corrected chi connectivity index (χ0v) is 15.8. The molecule has 2 amide bonds. The smallest absolute Gasteiger partial charge is 0.329 e. The number of esters is 1. The molecule has 0 fully saturated rings. The number of nitrogens with two attached hydrogens (primary N) is 1. The van der Waals surface area contributed by atoms with Crippen molar-refractivity contribution < 1.29 is 27.5 Å². The maximum absolute atomic E-state index is 12.2. The Bertz CT molecular complexity index is 791. The van der Waals surface area contributed by atoms with Gasteiger partial charge in [-0.05, 0) is 31.0 Å². The molecule has 0 heterocycles. The van der Waals surface area contributed by atoms with E-state index in [1.54, 1.807) is 13.8 Å². The largest absolute Gasteiger partial charge is 0.451 e. The first kappa shape index (κ1) is 21.6. The summed E-state index contributed by atoms with van der Waals surface area (Å²) in [5.41, 5.74) is 0.187. The average molecular weight is 385 g/mol. The van der Waals surface area contributed by atoms with E-state index in [4.69, 9.17) is 9.88 Å². The molecule has 1 aromatic carbocycles. The van der Waals surface area contributed by atoms with Crippen LogP contribution in [-0.2, 0) is 29.1 Å². The van der Waals surface area contributed by atoms with Crippen molar-refractivity contribution >= 4 is 33.5 Å². The van der Waals surface area contributed by atoms with Crippen LogP contribution in [0.5, 0.6) is 0 Å². The minimum absolute atomic E-state index is 0.162. The van der Waals surface area contributed by atoms with Gasteiger partial charge in [0.05, 0.1) is 4.90 Å². The molecular formula is C16H23N3O6S. The minimum atomic E-state index is -3.91. The molecule has 10 heteroatoms. The summed E-state index contributed by atoms with van der Waals surface area (Å²) < 4.78 is 27.8. The summed E-state index contributed by atoms with van der Waals surface area (Å²) in [6, 6.07) is 4.48. The van der Waals surface area contributed by atoms with Crippen LogP contribution in [-0.4, -0.2) is 38.3 Å². The molecule has 0 unspecified atom stereocenters. The topological polar surface area (TPSA) is 145 Å². The number of anilines is 1. The maximum atomic E-state index is 12.2. The highest BCUT2D eigenvalue weighted by atomic mass is 32.2. The number of ether oxygens (including phenoxy) is 1. The van der Waals surface area contributed by atoms with Gasteiger partial charge < -0.3 is 15.4 Å². The number of rotatable bonds is 7. The van der Waals surface area contributed by atoms with Crippen molar-refractivity contribution in [1.29, 1.82) is 0 Å². The average Bonchev–Trinajstić information content (AvgIpc) is 2.51. The van der Waals surface area contributed by atoms with E-state index in [2.05, 4.69) is 10.6 Å². The lowest BCUT2D eigenvalue weighted by atomic mass is 10.0. The van der Waals surface area contributed by atoms with Gasteiger partial charge >= 0.3 is 5.97 Å². The van der Waals surface area contributed by atoms with Gasteiger partial charge in [-0.1, -0.05) is 19.9 Å². The highest BCUT2D eigenvalue weighted by Crippen LogP contribution is 2.15. The molecular weight excluding hydrogens is 362 g/mol. The molecule has 4 N–H and O–H groups in total. The van der Waals surface area contributed by atoms with E-state index in [1.807, 2.05) is 0 Å². The van der Waals surface area contributed by atoms with Crippen LogP contribution in [0.4, 0.5) is 5.69 Å². The number of primary sulfonamides is 1. The van der Waals surface area contributed by atoms with Gasteiger partial charge in [-0.15, -0.1) is 0 Å². The Labute approximate surface area is 152 Å². The van der Waals surface area contributed by atoms with E-state index in [1.165, 1.54) is 38.1 Å². The maximum Gasteiger partial charge on any atom is 0.329 e. The summed E-state index contributed by atoms with van der Waals surface area (Å²) in [7, 11) is -3.91. The summed E-state index contributed by atoms with van der Waals surface area (Å²) in [6.45, 7) is 6.09. The summed E-state index contributed by atoms with van der Waals surface area (Å²) in [5, 5.41) is 9.96. The fourth-order valence-corrected chi connectivity index (χ4v) is 2.57. The van der Waals surface area contributed by atoms with Crippen molar-refractivity contribution in [2.45, 2.75) is 44.7 Å². The standard InChI is InChI=1S/C16H23N3O6S/c1-9(2)14(18-11(4)20)16(22)25-10(3)15(21)19-12-6-5-7-13(8-12)26(17,23)24/h5-10,14H,1-4H3,(H,18,20)(H,19,21)(H2,17,23,24)/t10-,14-/m1/s1. The Kier molecular flexibility index (Phi) is 7.28. The van der Waals surface area contributed by atoms with E-state index in [9.17, 15) is 22.8 Å². The molecule has 0 aliphatic carbocycles. The molecule has 9 nitrogen and oxygen atoms in total. The number of benzene rings is 1. The van der Waals surface area contributed by atoms with E-state index < -0.39 is 40.0 Å². The first-order valence-corrected chi connectivity index (χ1v) is 9.37. The second-order valence-corrected chi connectivity index (χ2v) is 7.62. The minimum Gasteiger partial charge on any atom is -0.451 e. The van der Waals surface area contributed by atoms with Gasteiger partial charge in [-0.2, -0.15) is 0 Å². The number of carbonyl (C=O) groups excluding carboxylic acids is 3. The van der Waals surface area contributed by atoms with Gasteiger partial charge in [0.15, 0.2) is 6.10 Å². The van der Waals surface area contributed by atoms with Crippen LogP contribution < -0.4 is 15.8 Å². The lowest BCUT2D eigenvalue weighted by molar-refractivity contribution is -0.157. The van der Waals surface area contributed by atoms with Crippen LogP contribution in [0, 0.1) is 5.92 Å². The van der Waals surface area contributed by atoms with Gasteiger partial charge in [0.25, 0.3) is 5.91 Å². The zero-order chi connectivity index (χ0) is 20.1. The van der Waals surface area contributed by atoms with Gasteiger partial charge in [0, 0.05) is 12.6 Å². The summed E-state index contributed by atoms with van der Waals surface area (Å²) in [6.07, 6.45) is -1.16. The third-order valence-electron chi connectivity index (χ3n) is 3.37. The van der Waals surface area contributed by atoms with Crippen LogP contribution in [0.1, 0.15) is 27.7 Å². The Balaban J connectivity index is 2.79. The molecule has 0 saturated carbocycles. The molecule has 0 saturated heterocycles. The van der Waals surface area contributed by atoms with Crippen molar-refractivity contribution in [3.05, 3.63) is 24.3 Å². The van der Waals surface area contributed by atoms with Crippen LogP contribution in [0.2, 0.25) is 0 Å². The Hall–Kier alpha value is -2.46. The number of hydrogen-bond donors (Lipinski definition) is 3. The van der Waals surface area contributed by atoms with Gasteiger partial charge in [0.2, 0.25) is 15.9 Å². The molecule has 0 bridgehead atoms. The summed E-state index contributed by atoms with van der Waals surface area (Å²) in [5.74, 6) is -2.02. The third kappa shape index (κ3) is 6.45. The first-order chi connectivity index (χ1) is 11.9. The second kappa shape index (κ2) is 8.77. The van der Waals surface area contributed by atoms with Crippen molar-refractivity contribution in [2.24, 2.45) is 11.1 Å². The van der Waals surface area contributed by atoms with Gasteiger partial charge in [-0.25, -0.2) is 18.4 Å². The lowest BCUT2D eigenvalue weighted by Gasteiger charge is -2.22. The Morgan fingerprint density at radius 2 is 1.77 bits per heavy atom. The zero-order valence-electron chi connectivity index (χ0n) is 15.0. The summed E-state index contributed by atoms with van der Waals surface area (Å²) >= 11 is 0. The predicted molar refractivity (Wildman–Crippen MR) is 94.4 cm³/mol. The first-order valence-electron chi connectivity index (χ1n) is 7.83. The van der Waals surface area contributed by atoms with Crippen molar-refractivity contribution in [3.63, 3.8) is 0 Å². The molecule has 0 aliphatic heterocycles. The fraction of sp³-hybridized carbons (Fsp3) is 0.438. The molecule has 0 aromatic heterocycles. The van der Waals surface area contributed by atoms with Crippen LogP contribution in [0.25, 0.3) is 0 Å². The SMILES string of the molecule is CC(=O)N[C@@H](C(=O)O[C@H](C)C(=O)Nc1cccc(S(N)(=O)=O)c1)C(C)C. The van der Waals surface area contributed by atoms with E-state index >= 15 is 0 Å². The predicted octanol–water partition coefficient (Wildman–Crippen LogP) is 0.365. The third-order valence-corrected chi connectivity index (χ3v) is 4.28. The van der Waals surface area contributed by atoms with Gasteiger partial charge in [0.1, 0.15) is 6.04 Å². The molecule has 1 aromatic rings. The van der Waals surface area contributed by atoms with Crippen molar-refractivity contribution in [2.75, 3.05) is 5.32 Å². The lowest BCUT2D eigenvalue weighted by Crippen LogP contribution is -2.46. The number of sulfonamides is 1. The molecule has 26 heavy (non-hydrogen) atoms. The molecule has 2 atom stereocenters. The van der Waals surface area contributed by atoms with Crippen LogP contribution in [0.15, 0.2) is 29.2 Å². The monoisotopic (exact) mass is 385 g/mol.